The van der Waals surface area contributed by atoms with Crippen LogP contribution in [-0.4, -0.2) is 16.9 Å². The van der Waals surface area contributed by atoms with E-state index in [-0.39, 0.29) is 0 Å². The average molecular weight is 270 g/mol. The molecule has 0 saturated carbocycles. The van der Waals surface area contributed by atoms with Gasteiger partial charge in [0.2, 0.25) is 0 Å². The van der Waals surface area contributed by atoms with E-state index < -0.39 is 17.7 Å². The van der Waals surface area contributed by atoms with Crippen LogP contribution in [0.4, 0.5) is 0 Å². The molecule has 0 radical (unpaired) electrons. The van der Waals surface area contributed by atoms with Gasteiger partial charge in [0.15, 0.2) is 5.78 Å². The Bertz CT molecular complexity index is 602. The van der Waals surface area contributed by atoms with Crippen LogP contribution in [0.25, 0.3) is 0 Å². The van der Waals surface area contributed by atoms with Crippen molar-refractivity contribution in [2.45, 2.75) is 6.92 Å². The van der Waals surface area contributed by atoms with Crippen LogP contribution in [-0.2, 0) is 4.79 Å². The van der Waals surface area contributed by atoms with Crippen molar-refractivity contribution in [3.8, 4) is 11.5 Å². The van der Waals surface area contributed by atoms with Crippen molar-refractivity contribution in [3.05, 3.63) is 60.2 Å². The van der Waals surface area contributed by atoms with Crippen molar-refractivity contribution < 1.29 is 19.4 Å². The van der Waals surface area contributed by atoms with E-state index >= 15 is 0 Å². The highest BCUT2D eigenvalue weighted by atomic mass is 16.5. The van der Waals surface area contributed by atoms with Crippen LogP contribution in [0.3, 0.4) is 0 Å². The Kier molecular flexibility index (Phi) is 4.15. The topological polar surface area (TPSA) is 63.6 Å². The highest BCUT2D eigenvalue weighted by molar-refractivity contribution is 6.07. The Morgan fingerprint density at radius 1 is 0.950 bits per heavy atom. The van der Waals surface area contributed by atoms with Gasteiger partial charge in [-0.15, -0.1) is 0 Å². The second-order valence-electron chi connectivity index (χ2n) is 4.36. The molecule has 0 aliphatic heterocycles. The highest BCUT2D eigenvalue weighted by Crippen LogP contribution is 2.22. The zero-order valence-corrected chi connectivity index (χ0v) is 10.9. The van der Waals surface area contributed by atoms with Gasteiger partial charge in [-0.25, -0.2) is 0 Å². The summed E-state index contributed by atoms with van der Waals surface area (Å²) in [6.45, 7) is 1.37. The Balaban J connectivity index is 2.10. The van der Waals surface area contributed by atoms with Gasteiger partial charge in [0, 0.05) is 5.56 Å². The fourth-order valence-corrected chi connectivity index (χ4v) is 1.67. The lowest BCUT2D eigenvalue weighted by atomic mass is 10.00. The Labute approximate surface area is 116 Å². The van der Waals surface area contributed by atoms with Crippen molar-refractivity contribution >= 4 is 11.8 Å². The number of hydrogen-bond acceptors (Lipinski definition) is 3. The minimum Gasteiger partial charge on any atom is -0.481 e. The van der Waals surface area contributed by atoms with Crippen LogP contribution in [0, 0.1) is 5.92 Å². The number of hydrogen-bond donors (Lipinski definition) is 1. The van der Waals surface area contributed by atoms with Crippen LogP contribution in [0.1, 0.15) is 17.3 Å². The molecule has 1 N–H and O–H groups in total. The normalized spacial score (nSPS) is 11.7. The molecule has 20 heavy (non-hydrogen) atoms. The molecule has 102 valence electrons. The van der Waals surface area contributed by atoms with Gasteiger partial charge < -0.3 is 9.84 Å². The van der Waals surface area contributed by atoms with Gasteiger partial charge in [-0.2, -0.15) is 0 Å². The van der Waals surface area contributed by atoms with E-state index in [9.17, 15) is 9.59 Å². The summed E-state index contributed by atoms with van der Waals surface area (Å²) < 4.78 is 5.59. The highest BCUT2D eigenvalue weighted by Gasteiger charge is 2.21. The van der Waals surface area contributed by atoms with E-state index in [1.807, 2.05) is 30.3 Å². The van der Waals surface area contributed by atoms with E-state index in [0.29, 0.717) is 17.1 Å². The number of carboxylic acid groups (broad SMARTS) is 1. The molecular formula is C16H14O4. The molecule has 0 aliphatic rings. The molecule has 4 heteroatoms. The molecule has 0 aromatic heterocycles. The molecule has 0 spiro atoms. The van der Waals surface area contributed by atoms with Crippen molar-refractivity contribution in [2.75, 3.05) is 0 Å². The first kappa shape index (κ1) is 13.8. The molecule has 1 atom stereocenters. The first-order valence-electron chi connectivity index (χ1n) is 6.18. The molecule has 0 saturated heterocycles. The predicted octanol–water partition coefficient (Wildman–Crippen LogP) is 3.38. The molecule has 1 unspecified atom stereocenters. The summed E-state index contributed by atoms with van der Waals surface area (Å²) in [5.41, 5.74) is 0.361. The molecule has 0 heterocycles. The third kappa shape index (κ3) is 3.23. The molecule has 2 aromatic carbocycles. The molecule has 0 amide bonds. The zero-order chi connectivity index (χ0) is 14.5. The summed E-state index contributed by atoms with van der Waals surface area (Å²) in [5, 5.41) is 8.82. The maximum absolute atomic E-state index is 11.8. The third-order valence-corrected chi connectivity index (χ3v) is 2.88. The number of para-hydroxylation sites is 1. The molecule has 2 rings (SSSR count). The van der Waals surface area contributed by atoms with Gasteiger partial charge in [0.1, 0.15) is 17.4 Å². The zero-order valence-electron chi connectivity index (χ0n) is 10.9. The smallest absolute Gasteiger partial charge is 0.314 e. The fraction of sp³-hybridized carbons (Fsp3) is 0.125. The second kappa shape index (κ2) is 6.02. The summed E-state index contributed by atoms with van der Waals surface area (Å²) in [5.74, 6) is -1.29. The van der Waals surface area contributed by atoms with Gasteiger partial charge in [-0.1, -0.05) is 18.2 Å². The quantitative estimate of drug-likeness (QED) is 0.668. The van der Waals surface area contributed by atoms with Crippen molar-refractivity contribution in [1.29, 1.82) is 0 Å². The lowest BCUT2D eigenvalue weighted by molar-refractivity contribution is -0.139. The van der Waals surface area contributed by atoms with Crippen LogP contribution >= 0.6 is 0 Å². The summed E-state index contributed by atoms with van der Waals surface area (Å²) >= 11 is 0. The number of ketones is 1. The first-order chi connectivity index (χ1) is 9.58. The lowest BCUT2D eigenvalue weighted by Gasteiger charge is -2.08. The standard InChI is InChI=1S/C16H14O4/c1-11(16(18)19)15(17)12-7-9-14(10-8-12)20-13-5-3-2-4-6-13/h2-11H,1H3,(H,18,19). The van der Waals surface area contributed by atoms with E-state index in [1.54, 1.807) is 24.3 Å². The van der Waals surface area contributed by atoms with E-state index in [2.05, 4.69) is 0 Å². The molecule has 0 bridgehead atoms. The van der Waals surface area contributed by atoms with Gasteiger partial charge in [0.25, 0.3) is 0 Å². The second-order valence-corrected chi connectivity index (χ2v) is 4.36. The van der Waals surface area contributed by atoms with Crippen LogP contribution in [0.5, 0.6) is 11.5 Å². The number of ether oxygens (including phenoxy) is 1. The maximum Gasteiger partial charge on any atom is 0.314 e. The van der Waals surface area contributed by atoms with Crippen LogP contribution < -0.4 is 4.74 Å². The van der Waals surface area contributed by atoms with E-state index in [4.69, 9.17) is 9.84 Å². The predicted molar refractivity (Wildman–Crippen MR) is 74.1 cm³/mol. The number of benzene rings is 2. The van der Waals surface area contributed by atoms with Crippen LogP contribution in [0.2, 0.25) is 0 Å². The molecular weight excluding hydrogens is 256 g/mol. The fourth-order valence-electron chi connectivity index (χ4n) is 1.67. The Morgan fingerprint density at radius 2 is 1.50 bits per heavy atom. The molecule has 2 aromatic rings. The average Bonchev–Trinajstić information content (AvgIpc) is 2.47. The number of carbonyl (C=O) groups excluding carboxylic acids is 1. The van der Waals surface area contributed by atoms with Crippen molar-refractivity contribution in [3.63, 3.8) is 0 Å². The number of rotatable bonds is 5. The monoisotopic (exact) mass is 270 g/mol. The minimum atomic E-state index is -1.13. The van der Waals surface area contributed by atoms with Crippen molar-refractivity contribution in [2.24, 2.45) is 5.92 Å². The van der Waals surface area contributed by atoms with Gasteiger partial charge >= 0.3 is 5.97 Å². The van der Waals surface area contributed by atoms with Gasteiger partial charge in [0.05, 0.1) is 0 Å². The van der Waals surface area contributed by atoms with Crippen molar-refractivity contribution in [1.82, 2.24) is 0 Å². The first-order valence-corrected chi connectivity index (χ1v) is 6.18. The van der Waals surface area contributed by atoms with E-state index in [1.165, 1.54) is 6.92 Å². The third-order valence-electron chi connectivity index (χ3n) is 2.88. The molecule has 4 nitrogen and oxygen atoms in total. The summed E-state index contributed by atoms with van der Waals surface area (Å²) in [6.07, 6.45) is 0. The summed E-state index contributed by atoms with van der Waals surface area (Å²) in [6, 6.07) is 15.7. The Morgan fingerprint density at radius 3 is 2.05 bits per heavy atom. The van der Waals surface area contributed by atoms with E-state index in [0.717, 1.165) is 0 Å². The molecule has 0 fully saturated rings. The minimum absolute atomic E-state index is 0.361. The van der Waals surface area contributed by atoms with Crippen LogP contribution in [0.15, 0.2) is 54.6 Å². The maximum atomic E-state index is 11.8. The van der Waals surface area contributed by atoms with Gasteiger partial charge in [-0.3, -0.25) is 9.59 Å². The van der Waals surface area contributed by atoms with Gasteiger partial charge in [-0.05, 0) is 43.3 Å². The summed E-state index contributed by atoms with van der Waals surface area (Å²) in [4.78, 5) is 22.6. The summed E-state index contributed by atoms with van der Waals surface area (Å²) in [7, 11) is 0. The number of Topliss-reactive ketones (excluding diaryl/α,β-unsaturated/α-hetero) is 1. The number of carboxylic acids is 1. The largest absolute Gasteiger partial charge is 0.481 e. The number of carbonyl (C=O) groups is 2. The SMILES string of the molecule is CC(C(=O)O)C(=O)c1ccc(Oc2ccccc2)cc1. The Hall–Kier alpha value is -2.62. The number of aliphatic carboxylic acids is 1. The lowest BCUT2D eigenvalue weighted by Crippen LogP contribution is -2.20. The molecule has 0 aliphatic carbocycles.